The largest absolute Gasteiger partial charge is 0.481 e. The van der Waals surface area contributed by atoms with Crippen molar-refractivity contribution in [3.05, 3.63) is 6.33 Å². The van der Waals surface area contributed by atoms with Gasteiger partial charge in [0.1, 0.15) is 12.0 Å². The summed E-state index contributed by atoms with van der Waals surface area (Å²) in [5, 5.41) is 18.6. The Morgan fingerprint density at radius 1 is 1.45 bits per heavy atom. The molecule has 1 rings (SSSR count). The SMILES string of the molecule is CCOC(=O)/C(CCCCC(=O)O)=N\Nc1ncn[nH]1. The molecule has 0 aliphatic carbocycles. The molecule has 9 heteroatoms. The highest BCUT2D eigenvalue weighted by molar-refractivity contribution is 6.36. The van der Waals surface area contributed by atoms with Gasteiger partial charge >= 0.3 is 11.9 Å². The van der Waals surface area contributed by atoms with Crippen molar-refractivity contribution in [2.75, 3.05) is 12.0 Å². The van der Waals surface area contributed by atoms with E-state index in [2.05, 4.69) is 25.7 Å². The summed E-state index contributed by atoms with van der Waals surface area (Å²) in [6, 6.07) is 0. The number of carboxylic acid groups (broad SMARTS) is 1. The van der Waals surface area contributed by atoms with Crippen LogP contribution >= 0.6 is 0 Å². The van der Waals surface area contributed by atoms with Crippen molar-refractivity contribution in [2.45, 2.75) is 32.6 Å². The van der Waals surface area contributed by atoms with Gasteiger partial charge in [0.15, 0.2) is 0 Å². The third kappa shape index (κ3) is 5.94. The molecule has 0 radical (unpaired) electrons. The number of carbonyl (C=O) groups excluding carboxylic acids is 1. The summed E-state index contributed by atoms with van der Waals surface area (Å²) in [6.45, 7) is 1.94. The van der Waals surface area contributed by atoms with Crippen molar-refractivity contribution in [3.63, 3.8) is 0 Å². The third-order valence-electron chi connectivity index (χ3n) is 2.28. The van der Waals surface area contributed by atoms with Gasteiger partial charge in [-0.15, -0.1) is 0 Å². The van der Waals surface area contributed by atoms with Gasteiger partial charge in [-0.1, -0.05) is 0 Å². The van der Waals surface area contributed by atoms with Crippen molar-refractivity contribution in [3.8, 4) is 0 Å². The fourth-order valence-electron chi connectivity index (χ4n) is 1.37. The van der Waals surface area contributed by atoms with E-state index < -0.39 is 11.9 Å². The number of aromatic amines is 1. The number of rotatable bonds is 9. The predicted molar refractivity (Wildman–Crippen MR) is 70.2 cm³/mol. The zero-order valence-electron chi connectivity index (χ0n) is 11.1. The first-order valence-electron chi connectivity index (χ1n) is 6.20. The van der Waals surface area contributed by atoms with Gasteiger partial charge in [-0.05, 0) is 26.2 Å². The van der Waals surface area contributed by atoms with Gasteiger partial charge in [0.2, 0.25) is 5.95 Å². The highest BCUT2D eigenvalue weighted by atomic mass is 16.5. The molecule has 0 atom stereocenters. The summed E-state index contributed by atoms with van der Waals surface area (Å²) in [7, 11) is 0. The molecule has 0 saturated heterocycles. The molecule has 3 N–H and O–H groups in total. The molecule has 0 amide bonds. The van der Waals surface area contributed by atoms with Crippen LogP contribution in [-0.4, -0.2) is 44.5 Å². The Kier molecular flexibility index (Phi) is 6.72. The van der Waals surface area contributed by atoms with Crippen LogP contribution in [0.5, 0.6) is 0 Å². The van der Waals surface area contributed by atoms with Crippen molar-refractivity contribution in [2.24, 2.45) is 5.10 Å². The van der Waals surface area contributed by atoms with Gasteiger partial charge < -0.3 is 9.84 Å². The summed E-state index contributed by atoms with van der Waals surface area (Å²) in [6.07, 6.45) is 2.69. The molecule has 0 saturated carbocycles. The highest BCUT2D eigenvalue weighted by Gasteiger charge is 2.13. The smallest absolute Gasteiger partial charge is 0.354 e. The molecule has 0 unspecified atom stereocenters. The lowest BCUT2D eigenvalue weighted by atomic mass is 10.1. The van der Waals surface area contributed by atoms with Gasteiger partial charge in [-0.25, -0.2) is 15.3 Å². The Morgan fingerprint density at radius 3 is 2.80 bits per heavy atom. The molecule has 0 aromatic carbocycles. The molecular formula is C11H17N5O4. The molecule has 110 valence electrons. The van der Waals surface area contributed by atoms with E-state index in [1.54, 1.807) is 6.92 Å². The van der Waals surface area contributed by atoms with Crippen molar-refractivity contribution < 1.29 is 19.4 Å². The van der Waals surface area contributed by atoms with Gasteiger partial charge in [0.05, 0.1) is 6.61 Å². The lowest BCUT2D eigenvalue weighted by molar-refractivity contribution is -0.137. The average molecular weight is 283 g/mol. The Morgan fingerprint density at radius 2 is 2.20 bits per heavy atom. The van der Waals surface area contributed by atoms with E-state index in [4.69, 9.17) is 9.84 Å². The molecule has 0 aliphatic heterocycles. The molecule has 9 nitrogen and oxygen atoms in total. The second-order valence-electron chi connectivity index (χ2n) is 3.83. The maximum absolute atomic E-state index is 11.7. The minimum atomic E-state index is -0.862. The Balaban J connectivity index is 2.53. The zero-order valence-corrected chi connectivity index (χ0v) is 11.1. The number of aliphatic carboxylic acids is 1. The van der Waals surface area contributed by atoms with Crippen LogP contribution in [0.15, 0.2) is 11.4 Å². The Hall–Kier alpha value is -2.45. The summed E-state index contributed by atoms with van der Waals surface area (Å²) >= 11 is 0. The Bertz CT molecular complexity index is 457. The number of H-pyrrole nitrogens is 1. The number of aromatic nitrogens is 3. The average Bonchev–Trinajstić information content (AvgIpc) is 2.90. The molecule has 1 aromatic heterocycles. The van der Waals surface area contributed by atoms with E-state index in [0.717, 1.165) is 0 Å². The molecule has 0 spiro atoms. The van der Waals surface area contributed by atoms with Crippen molar-refractivity contribution in [1.82, 2.24) is 15.2 Å². The standard InChI is InChI=1S/C11H17N5O4/c1-2-20-10(19)8(5-3-4-6-9(17)18)14-16-11-12-7-13-15-11/h7H,2-6H2,1H3,(H,17,18)(H2,12,13,15,16)/b14-8-. The van der Waals surface area contributed by atoms with E-state index in [-0.39, 0.29) is 18.7 Å². The molecule has 1 aromatic rings. The number of carbonyl (C=O) groups is 2. The molecule has 20 heavy (non-hydrogen) atoms. The number of hydrogen-bond donors (Lipinski definition) is 3. The van der Waals surface area contributed by atoms with Gasteiger partial charge in [-0.3, -0.25) is 4.79 Å². The number of ether oxygens (including phenoxy) is 1. The normalized spacial score (nSPS) is 11.2. The lowest BCUT2D eigenvalue weighted by Crippen LogP contribution is -2.19. The number of hydrogen-bond acceptors (Lipinski definition) is 7. The first kappa shape index (κ1) is 15.6. The quantitative estimate of drug-likeness (QED) is 0.264. The monoisotopic (exact) mass is 283 g/mol. The van der Waals surface area contributed by atoms with Crippen LogP contribution in [-0.2, 0) is 14.3 Å². The summed E-state index contributed by atoms with van der Waals surface area (Å²) in [4.78, 5) is 25.9. The van der Waals surface area contributed by atoms with E-state index in [0.29, 0.717) is 25.2 Å². The van der Waals surface area contributed by atoms with Gasteiger partial charge in [-0.2, -0.15) is 15.2 Å². The van der Waals surface area contributed by atoms with Gasteiger partial charge in [0.25, 0.3) is 0 Å². The topological polar surface area (TPSA) is 130 Å². The molecule has 0 fully saturated rings. The summed E-state index contributed by atoms with van der Waals surface area (Å²) < 4.78 is 4.88. The maximum Gasteiger partial charge on any atom is 0.354 e. The number of nitrogens with one attached hydrogen (secondary N) is 2. The highest BCUT2D eigenvalue weighted by Crippen LogP contribution is 2.04. The van der Waals surface area contributed by atoms with Crippen LogP contribution in [0.2, 0.25) is 0 Å². The number of nitrogens with zero attached hydrogens (tertiary/aromatic N) is 3. The fourth-order valence-corrected chi connectivity index (χ4v) is 1.37. The summed E-state index contributed by atoms with van der Waals surface area (Å²) in [5.41, 5.74) is 2.74. The predicted octanol–water partition coefficient (Wildman–Crippen LogP) is 0.781. The number of anilines is 1. The summed E-state index contributed by atoms with van der Waals surface area (Å²) in [5.74, 6) is -1.09. The van der Waals surface area contributed by atoms with E-state index in [1.165, 1.54) is 6.33 Å². The van der Waals surface area contributed by atoms with Crippen LogP contribution in [0.4, 0.5) is 5.95 Å². The van der Waals surface area contributed by atoms with Crippen molar-refractivity contribution in [1.29, 1.82) is 0 Å². The second kappa shape index (κ2) is 8.62. The van der Waals surface area contributed by atoms with E-state index >= 15 is 0 Å². The van der Waals surface area contributed by atoms with E-state index in [9.17, 15) is 9.59 Å². The number of carboxylic acids is 1. The minimum Gasteiger partial charge on any atom is -0.481 e. The van der Waals surface area contributed by atoms with E-state index in [1.807, 2.05) is 0 Å². The van der Waals surface area contributed by atoms with Crippen LogP contribution in [0.1, 0.15) is 32.6 Å². The van der Waals surface area contributed by atoms with Gasteiger partial charge in [0, 0.05) is 6.42 Å². The first-order chi connectivity index (χ1) is 9.63. The van der Waals surface area contributed by atoms with Crippen molar-refractivity contribution >= 4 is 23.6 Å². The van der Waals surface area contributed by atoms with Crippen LogP contribution in [0.3, 0.4) is 0 Å². The second-order valence-corrected chi connectivity index (χ2v) is 3.83. The number of hydrazone groups is 1. The van der Waals surface area contributed by atoms with Crippen LogP contribution in [0, 0.1) is 0 Å². The third-order valence-corrected chi connectivity index (χ3v) is 2.28. The minimum absolute atomic E-state index is 0.0611. The van der Waals surface area contributed by atoms with Crippen LogP contribution < -0.4 is 5.43 Å². The first-order valence-corrected chi connectivity index (χ1v) is 6.20. The lowest BCUT2D eigenvalue weighted by Gasteiger charge is -2.05. The number of esters is 1. The molecule has 0 bridgehead atoms. The fraction of sp³-hybridized carbons (Fsp3) is 0.545. The Labute approximate surface area is 115 Å². The zero-order chi connectivity index (χ0) is 14.8. The maximum atomic E-state index is 11.7. The van der Waals surface area contributed by atoms with Crippen LogP contribution in [0.25, 0.3) is 0 Å². The number of unbranched alkanes of at least 4 members (excludes halogenated alkanes) is 1. The molecule has 1 heterocycles. The molecule has 0 aliphatic rings. The molecular weight excluding hydrogens is 266 g/mol.